The van der Waals surface area contributed by atoms with E-state index in [9.17, 15) is 8.42 Å². The Labute approximate surface area is 125 Å². The molecule has 0 aromatic carbocycles. The third kappa shape index (κ3) is 3.43. The van der Waals surface area contributed by atoms with Crippen LogP contribution < -0.4 is 10.0 Å². The standard InChI is InChI=1S/C14H20N4O2S/c1-10-5-6-14(11(2)16-10)17-21(19,20)13-7-12(8-15-3)18(4)9-13/h5-7,9,15,17H,8H2,1-4H3. The molecule has 0 amide bonds. The molecular weight excluding hydrogens is 288 g/mol. The molecule has 0 fully saturated rings. The quantitative estimate of drug-likeness (QED) is 0.879. The molecule has 0 spiro atoms. The molecule has 2 aromatic rings. The molecule has 2 heterocycles. The highest BCUT2D eigenvalue weighted by Crippen LogP contribution is 2.20. The Morgan fingerprint density at radius 3 is 2.62 bits per heavy atom. The molecule has 6 nitrogen and oxygen atoms in total. The van der Waals surface area contributed by atoms with E-state index in [-0.39, 0.29) is 4.90 Å². The second-order valence-corrected chi connectivity index (χ2v) is 6.68. The molecule has 0 saturated carbocycles. The van der Waals surface area contributed by atoms with Gasteiger partial charge in [0, 0.05) is 31.2 Å². The van der Waals surface area contributed by atoms with E-state index in [4.69, 9.17) is 0 Å². The molecule has 7 heteroatoms. The summed E-state index contributed by atoms with van der Waals surface area (Å²) in [6, 6.07) is 5.17. The fraction of sp³-hybridized carbons (Fsp3) is 0.357. The lowest BCUT2D eigenvalue weighted by atomic mass is 10.3. The first-order valence-corrected chi connectivity index (χ1v) is 8.08. The van der Waals surface area contributed by atoms with Crippen molar-refractivity contribution in [3.05, 3.63) is 41.5 Å². The second-order valence-electron chi connectivity index (χ2n) is 5.00. The number of nitrogens with one attached hydrogen (secondary N) is 2. The predicted octanol–water partition coefficient (Wildman–Crippen LogP) is 1.56. The van der Waals surface area contributed by atoms with Gasteiger partial charge in [0.2, 0.25) is 0 Å². The summed E-state index contributed by atoms with van der Waals surface area (Å²) in [7, 11) is 0.0367. The number of pyridine rings is 1. The Hall–Kier alpha value is -1.86. The van der Waals surface area contributed by atoms with Crippen molar-refractivity contribution in [3.63, 3.8) is 0 Å². The minimum absolute atomic E-state index is 0.246. The smallest absolute Gasteiger partial charge is 0.263 e. The summed E-state index contributed by atoms with van der Waals surface area (Å²) in [4.78, 5) is 4.51. The summed E-state index contributed by atoms with van der Waals surface area (Å²) in [6.45, 7) is 4.26. The van der Waals surface area contributed by atoms with Crippen molar-refractivity contribution in [1.29, 1.82) is 0 Å². The van der Waals surface area contributed by atoms with Gasteiger partial charge in [-0.05, 0) is 39.1 Å². The lowest BCUT2D eigenvalue weighted by Gasteiger charge is -2.09. The highest BCUT2D eigenvalue weighted by molar-refractivity contribution is 7.92. The number of hydrogen-bond donors (Lipinski definition) is 2. The minimum atomic E-state index is -3.61. The molecule has 2 N–H and O–H groups in total. The van der Waals surface area contributed by atoms with Crippen LogP contribution in [-0.4, -0.2) is 25.0 Å². The third-order valence-electron chi connectivity index (χ3n) is 3.22. The molecule has 0 unspecified atom stereocenters. The lowest BCUT2D eigenvalue weighted by molar-refractivity contribution is 0.601. The monoisotopic (exact) mass is 308 g/mol. The van der Waals surface area contributed by atoms with Crippen LogP contribution in [0.3, 0.4) is 0 Å². The molecule has 114 valence electrons. The molecule has 0 saturated heterocycles. The van der Waals surface area contributed by atoms with E-state index in [1.807, 2.05) is 21.0 Å². The average Bonchev–Trinajstić information content (AvgIpc) is 2.76. The van der Waals surface area contributed by atoms with Gasteiger partial charge < -0.3 is 9.88 Å². The molecule has 0 aliphatic rings. The zero-order chi connectivity index (χ0) is 15.6. The molecule has 21 heavy (non-hydrogen) atoms. The van der Waals surface area contributed by atoms with E-state index in [0.29, 0.717) is 17.9 Å². The van der Waals surface area contributed by atoms with E-state index in [2.05, 4.69) is 15.0 Å². The predicted molar refractivity (Wildman–Crippen MR) is 82.7 cm³/mol. The van der Waals surface area contributed by atoms with Gasteiger partial charge in [-0.2, -0.15) is 0 Å². The summed E-state index contributed by atoms with van der Waals surface area (Å²) >= 11 is 0. The van der Waals surface area contributed by atoms with E-state index in [1.54, 1.807) is 35.9 Å². The molecule has 0 bridgehead atoms. The Balaban J connectivity index is 2.32. The number of aromatic nitrogens is 2. The molecule has 0 atom stereocenters. The van der Waals surface area contributed by atoms with Crippen molar-refractivity contribution in [1.82, 2.24) is 14.9 Å². The molecule has 0 aliphatic carbocycles. The van der Waals surface area contributed by atoms with E-state index < -0.39 is 10.0 Å². The van der Waals surface area contributed by atoms with E-state index in [0.717, 1.165) is 11.4 Å². The van der Waals surface area contributed by atoms with E-state index >= 15 is 0 Å². The van der Waals surface area contributed by atoms with Gasteiger partial charge >= 0.3 is 0 Å². The van der Waals surface area contributed by atoms with Gasteiger partial charge in [-0.25, -0.2) is 8.42 Å². The van der Waals surface area contributed by atoms with E-state index in [1.165, 1.54) is 0 Å². The van der Waals surface area contributed by atoms with Gasteiger partial charge in [-0.3, -0.25) is 9.71 Å². The van der Waals surface area contributed by atoms with Crippen LogP contribution in [0.5, 0.6) is 0 Å². The maximum atomic E-state index is 12.4. The molecule has 2 aromatic heterocycles. The van der Waals surface area contributed by atoms with Crippen molar-refractivity contribution in [3.8, 4) is 0 Å². The Kier molecular flexibility index (Phi) is 4.34. The first-order valence-electron chi connectivity index (χ1n) is 6.60. The van der Waals surface area contributed by atoms with Gasteiger partial charge in [0.15, 0.2) is 0 Å². The molecule has 0 aliphatic heterocycles. The van der Waals surface area contributed by atoms with Gasteiger partial charge in [-0.15, -0.1) is 0 Å². The Morgan fingerprint density at radius 2 is 2.00 bits per heavy atom. The topological polar surface area (TPSA) is 76.0 Å². The van der Waals surface area contributed by atoms with Crippen molar-refractivity contribution in [2.45, 2.75) is 25.3 Å². The van der Waals surface area contributed by atoms with Crippen LogP contribution in [0.4, 0.5) is 5.69 Å². The molecule has 2 rings (SSSR count). The normalized spacial score (nSPS) is 11.6. The zero-order valence-electron chi connectivity index (χ0n) is 12.6. The number of nitrogens with zero attached hydrogens (tertiary/aromatic N) is 2. The lowest BCUT2D eigenvalue weighted by Crippen LogP contribution is -2.13. The van der Waals surface area contributed by atoms with Crippen LogP contribution in [0, 0.1) is 13.8 Å². The number of anilines is 1. The largest absolute Gasteiger partial charge is 0.352 e. The van der Waals surface area contributed by atoms with Crippen LogP contribution in [0.25, 0.3) is 0 Å². The van der Waals surface area contributed by atoms with Crippen LogP contribution >= 0.6 is 0 Å². The van der Waals surface area contributed by atoms with Gasteiger partial charge in [-0.1, -0.05) is 0 Å². The summed E-state index contributed by atoms with van der Waals surface area (Å²) in [5.74, 6) is 0. The Bertz CT molecular complexity index is 750. The van der Waals surface area contributed by atoms with Crippen LogP contribution in [0.15, 0.2) is 29.3 Å². The second kappa shape index (κ2) is 5.87. The van der Waals surface area contributed by atoms with Crippen LogP contribution in [-0.2, 0) is 23.6 Å². The van der Waals surface area contributed by atoms with Crippen molar-refractivity contribution >= 4 is 15.7 Å². The van der Waals surface area contributed by atoms with Gasteiger partial charge in [0.25, 0.3) is 10.0 Å². The highest BCUT2D eigenvalue weighted by Gasteiger charge is 2.18. The number of sulfonamides is 1. The highest BCUT2D eigenvalue weighted by atomic mass is 32.2. The van der Waals surface area contributed by atoms with Gasteiger partial charge in [0.1, 0.15) is 4.90 Å². The van der Waals surface area contributed by atoms with Crippen molar-refractivity contribution < 1.29 is 8.42 Å². The number of rotatable bonds is 5. The van der Waals surface area contributed by atoms with Crippen LogP contribution in [0.1, 0.15) is 17.1 Å². The summed E-state index contributed by atoms with van der Waals surface area (Å²) in [5.41, 5.74) is 2.91. The number of hydrogen-bond acceptors (Lipinski definition) is 4. The van der Waals surface area contributed by atoms with Crippen LogP contribution in [0.2, 0.25) is 0 Å². The zero-order valence-corrected chi connectivity index (χ0v) is 13.5. The van der Waals surface area contributed by atoms with Crippen molar-refractivity contribution in [2.24, 2.45) is 7.05 Å². The fourth-order valence-electron chi connectivity index (χ4n) is 2.08. The summed E-state index contributed by atoms with van der Waals surface area (Å²) in [5, 5.41) is 3.01. The maximum Gasteiger partial charge on any atom is 0.263 e. The molecular formula is C14H20N4O2S. The third-order valence-corrected chi connectivity index (χ3v) is 4.55. The first-order chi connectivity index (χ1) is 9.83. The van der Waals surface area contributed by atoms with Gasteiger partial charge in [0.05, 0.1) is 11.4 Å². The fourth-order valence-corrected chi connectivity index (χ4v) is 3.29. The minimum Gasteiger partial charge on any atom is -0.352 e. The average molecular weight is 308 g/mol. The maximum absolute atomic E-state index is 12.4. The number of aryl methyl sites for hydroxylation is 3. The summed E-state index contributed by atoms with van der Waals surface area (Å²) in [6.07, 6.45) is 1.60. The van der Waals surface area contributed by atoms with Crippen molar-refractivity contribution in [2.75, 3.05) is 11.8 Å². The molecule has 0 radical (unpaired) electrons. The first kappa shape index (κ1) is 15.5. The Morgan fingerprint density at radius 1 is 1.29 bits per heavy atom. The summed E-state index contributed by atoms with van der Waals surface area (Å²) < 4.78 is 29.3. The SMILES string of the molecule is CNCc1cc(S(=O)(=O)Nc2ccc(C)nc2C)cn1C.